The van der Waals surface area contributed by atoms with Crippen LogP contribution < -0.4 is 0 Å². The molecule has 0 saturated carbocycles. The van der Waals surface area contributed by atoms with Gasteiger partial charge < -0.3 is 18.9 Å². The molecule has 1 aliphatic carbocycles. The van der Waals surface area contributed by atoms with Crippen LogP contribution >= 0.6 is 0 Å². The van der Waals surface area contributed by atoms with Gasteiger partial charge in [-0.2, -0.15) is 0 Å². The minimum absolute atomic E-state index is 0.134. The Morgan fingerprint density at radius 2 is 1.62 bits per heavy atom. The van der Waals surface area contributed by atoms with E-state index >= 15 is 0 Å². The van der Waals surface area contributed by atoms with E-state index in [1.807, 2.05) is 60.7 Å². The molecule has 5 rings (SSSR count). The van der Waals surface area contributed by atoms with Crippen molar-refractivity contribution in [2.45, 2.75) is 38.8 Å². The minimum Gasteiger partial charge on any atom is -0.465 e. The summed E-state index contributed by atoms with van der Waals surface area (Å²) in [5, 5.41) is 0. The van der Waals surface area contributed by atoms with Crippen LogP contribution in [0.2, 0.25) is 0 Å². The first-order chi connectivity index (χ1) is 15.5. The average molecular weight is 437 g/mol. The molecule has 1 saturated heterocycles. The van der Waals surface area contributed by atoms with Crippen LogP contribution in [0.1, 0.15) is 25.0 Å². The lowest BCUT2D eigenvalue weighted by Gasteiger charge is -2.54. The van der Waals surface area contributed by atoms with Gasteiger partial charge in [0.05, 0.1) is 26.4 Å². The van der Waals surface area contributed by atoms with Gasteiger partial charge in [-0.15, -0.1) is 0 Å². The van der Waals surface area contributed by atoms with Crippen molar-refractivity contribution < 1.29 is 28.5 Å². The van der Waals surface area contributed by atoms with Crippen molar-refractivity contribution in [1.82, 2.24) is 0 Å². The highest BCUT2D eigenvalue weighted by atomic mass is 16.6. The van der Waals surface area contributed by atoms with E-state index in [1.54, 1.807) is 26.0 Å². The predicted octanol–water partition coefficient (Wildman–Crippen LogP) is 3.84. The molecule has 2 aromatic carbocycles. The number of hydrogen-bond acceptors (Lipinski definition) is 6. The summed E-state index contributed by atoms with van der Waals surface area (Å²) in [5.41, 5.74) is -0.657. The van der Waals surface area contributed by atoms with Gasteiger partial charge in [0.15, 0.2) is 5.60 Å². The fraction of sp³-hybridized carbons (Fsp3) is 0.385. The number of carbonyl (C=O) groups excluding carboxylic acids is 2. The number of esters is 2. The third kappa shape index (κ3) is 3.96. The molecule has 0 radical (unpaired) electrons. The highest BCUT2D eigenvalue weighted by Crippen LogP contribution is 2.52. The first-order valence-electron chi connectivity index (χ1n) is 10.9. The Morgan fingerprint density at radius 1 is 1.00 bits per heavy atom. The Balaban J connectivity index is 1.63. The molecule has 0 amide bonds. The zero-order valence-corrected chi connectivity index (χ0v) is 18.4. The van der Waals surface area contributed by atoms with Crippen LogP contribution in [0.25, 0.3) is 0 Å². The number of benzene rings is 2. The molecule has 2 bridgehead atoms. The molecule has 0 N–H and O–H groups in total. The maximum absolute atomic E-state index is 13.1. The quantitative estimate of drug-likeness (QED) is 0.439. The monoisotopic (exact) mass is 436 g/mol. The Kier molecular flexibility index (Phi) is 6.44. The molecule has 2 aromatic rings. The van der Waals surface area contributed by atoms with Gasteiger partial charge in [0, 0.05) is 5.92 Å². The van der Waals surface area contributed by atoms with Gasteiger partial charge in [0.25, 0.3) is 0 Å². The predicted molar refractivity (Wildman–Crippen MR) is 117 cm³/mol. The van der Waals surface area contributed by atoms with E-state index in [0.29, 0.717) is 6.61 Å². The molecular weight excluding hydrogens is 408 g/mol. The molecular formula is C26H28O6. The van der Waals surface area contributed by atoms with E-state index in [2.05, 4.69) is 0 Å². The topological polar surface area (TPSA) is 71.1 Å². The number of ether oxygens (including phenoxy) is 4. The standard InChI is InChI=1S/C26H28O6/c1-3-30-23(27)25(2)21(18-29-16-19-10-6-4-7-11-19)26(15-14-22(25)32-24(26)28)31-17-20-12-8-5-9-13-20/h4-15,21-22H,3,16-18H2,1-2H3/t21-,22-,25-,26+/m0/s1. The van der Waals surface area contributed by atoms with Crippen molar-refractivity contribution in [3.8, 4) is 0 Å². The summed E-state index contributed by atoms with van der Waals surface area (Å²) in [6, 6.07) is 19.3. The van der Waals surface area contributed by atoms with Crippen molar-refractivity contribution in [3.63, 3.8) is 0 Å². The smallest absolute Gasteiger partial charge is 0.343 e. The van der Waals surface area contributed by atoms with E-state index < -0.39 is 35.0 Å². The lowest BCUT2D eigenvalue weighted by atomic mass is 9.60. The maximum atomic E-state index is 13.1. The molecule has 2 aliphatic heterocycles. The Morgan fingerprint density at radius 3 is 2.22 bits per heavy atom. The molecule has 0 aromatic heterocycles. The fourth-order valence-corrected chi connectivity index (χ4v) is 4.46. The van der Waals surface area contributed by atoms with Crippen LogP contribution in [0, 0.1) is 11.3 Å². The third-order valence-electron chi connectivity index (χ3n) is 6.34. The van der Waals surface area contributed by atoms with Crippen molar-refractivity contribution in [2.75, 3.05) is 13.2 Å². The maximum Gasteiger partial charge on any atom is 0.343 e. The molecule has 168 valence electrons. The zero-order chi connectivity index (χ0) is 22.6. The minimum atomic E-state index is -1.44. The normalized spacial score (nSPS) is 28.4. The van der Waals surface area contributed by atoms with Gasteiger partial charge in [0.1, 0.15) is 11.5 Å². The van der Waals surface area contributed by atoms with Gasteiger partial charge in [-0.05, 0) is 37.1 Å². The van der Waals surface area contributed by atoms with E-state index in [1.165, 1.54) is 0 Å². The Labute approximate surface area is 188 Å². The average Bonchev–Trinajstić information content (AvgIpc) is 2.82. The summed E-state index contributed by atoms with van der Waals surface area (Å²) in [4.78, 5) is 26.2. The molecule has 6 heteroatoms. The molecule has 2 heterocycles. The van der Waals surface area contributed by atoms with Gasteiger partial charge in [-0.25, -0.2) is 4.79 Å². The number of rotatable bonds is 9. The number of hydrogen-bond donors (Lipinski definition) is 0. The van der Waals surface area contributed by atoms with Crippen molar-refractivity contribution in [3.05, 3.63) is 83.9 Å². The van der Waals surface area contributed by atoms with E-state index in [9.17, 15) is 9.59 Å². The lowest BCUT2D eigenvalue weighted by Crippen LogP contribution is -2.69. The second-order valence-electron chi connectivity index (χ2n) is 8.31. The summed E-state index contributed by atoms with van der Waals surface area (Å²) >= 11 is 0. The molecule has 6 nitrogen and oxygen atoms in total. The van der Waals surface area contributed by atoms with Crippen LogP contribution in [0.5, 0.6) is 0 Å². The third-order valence-corrected chi connectivity index (χ3v) is 6.34. The van der Waals surface area contributed by atoms with Crippen LogP contribution in [0.4, 0.5) is 0 Å². The van der Waals surface area contributed by atoms with Gasteiger partial charge in [0.2, 0.25) is 0 Å². The summed E-state index contributed by atoms with van der Waals surface area (Å²) in [6.45, 7) is 4.44. The fourth-order valence-electron chi connectivity index (χ4n) is 4.46. The molecule has 4 atom stereocenters. The number of carbonyl (C=O) groups is 2. The summed E-state index contributed by atoms with van der Waals surface area (Å²) in [7, 11) is 0. The molecule has 3 aliphatic rings. The van der Waals surface area contributed by atoms with E-state index in [0.717, 1.165) is 11.1 Å². The number of fused-ring (bicyclic) bond motifs is 2. The highest BCUT2D eigenvalue weighted by Gasteiger charge is 2.68. The van der Waals surface area contributed by atoms with Crippen LogP contribution in [0.15, 0.2) is 72.8 Å². The largest absolute Gasteiger partial charge is 0.465 e. The first-order valence-corrected chi connectivity index (χ1v) is 10.9. The zero-order valence-electron chi connectivity index (χ0n) is 18.4. The SMILES string of the molecule is CCOC(=O)[C@]1(C)[C@@H]2C=C[C@](OCc3ccccc3)(C(=O)O2)[C@H]1COCc1ccccc1. The molecule has 0 spiro atoms. The summed E-state index contributed by atoms with van der Waals surface area (Å²) in [6.07, 6.45) is 2.72. The second kappa shape index (κ2) is 9.27. The summed E-state index contributed by atoms with van der Waals surface area (Å²) in [5.74, 6) is -1.54. The van der Waals surface area contributed by atoms with E-state index in [4.69, 9.17) is 18.9 Å². The van der Waals surface area contributed by atoms with Gasteiger partial charge in [-0.3, -0.25) is 4.79 Å². The van der Waals surface area contributed by atoms with Crippen molar-refractivity contribution in [1.29, 1.82) is 0 Å². The highest BCUT2D eigenvalue weighted by molar-refractivity contribution is 5.90. The van der Waals surface area contributed by atoms with E-state index in [-0.39, 0.29) is 19.8 Å². The van der Waals surface area contributed by atoms with Crippen LogP contribution in [0.3, 0.4) is 0 Å². The Bertz CT molecular complexity index is 972. The van der Waals surface area contributed by atoms with Crippen LogP contribution in [-0.4, -0.2) is 36.9 Å². The molecule has 0 unspecified atom stereocenters. The van der Waals surface area contributed by atoms with Gasteiger partial charge >= 0.3 is 11.9 Å². The van der Waals surface area contributed by atoms with Crippen LogP contribution in [-0.2, 0) is 41.8 Å². The molecule has 32 heavy (non-hydrogen) atoms. The van der Waals surface area contributed by atoms with Crippen molar-refractivity contribution >= 4 is 11.9 Å². The Hall–Kier alpha value is -2.96. The molecule has 1 fully saturated rings. The van der Waals surface area contributed by atoms with Crippen molar-refractivity contribution in [2.24, 2.45) is 11.3 Å². The summed E-state index contributed by atoms with van der Waals surface area (Å²) < 4.78 is 23.3. The lowest BCUT2D eigenvalue weighted by molar-refractivity contribution is -0.235. The first kappa shape index (κ1) is 22.2. The second-order valence-corrected chi connectivity index (χ2v) is 8.31. The van der Waals surface area contributed by atoms with Gasteiger partial charge in [-0.1, -0.05) is 60.7 Å².